The van der Waals surface area contributed by atoms with Gasteiger partial charge in [-0.3, -0.25) is 4.98 Å². The third-order valence-corrected chi connectivity index (χ3v) is 6.91. The highest BCUT2D eigenvalue weighted by atomic mass is 14.7. The molecule has 0 radical (unpaired) electrons. The van der Waals surface area contributed by atoms with Gasteiger partial charge >= 0.3 is 0 Å². The fourth-order valence-corrected chi connectivity index (χ4v) is 5.35. The summed E-state index contributed by atoms with van der Waals surface area (Å²) in [6.07, 6.45) is 1.89. The normalized spacial score (nSPS) is 11.5. The molecule has 0 bridgehead atoms. The molecule has 34 heavy (non-hydrogen) atoms. The molecule has 0 aliphatic carbocycles. The van der Waals surface area contributed by atoms with E-state index in [2.05, 4.69) is 115 Å². The third-order valence-electron chi connectivity index (χ3n) is 6.91. The summed E-state index contributed by atoms with van der Waals surface area (Å²) in [5.41, 5.74) is 5.81. The van der Waals surface area contributed by atoms with Gasteiger partial charge in [-0.2, -0.15) is 0 Å². The quantitative estimate of drug-likeness (QED) is 0.249. The number of hydrogen-bond donors (Lipinski definition) is 0. The Morgan fingerprint density at radius 1 is 0.353 bits per heavy atom. The van der Waals surface area contributed by atoms with Gasteiger partial charge in [0.25, 0.3) is 0 Å². The first kappa shape index (κ1) is 19.0. The Labute approximate surface area is 197 Å². The zero-order chi connectivity index (χ0) is 22.5. The van der Waals surface area contributed by atoms with Gasteiger partial charge in [0.05, 0.1) is 5.52 Å². The van der Waals surface area contributed by atoms with Gasteiger partial charge in [-0.1, -0.05) is 109 Å². The predicted octanol–water partition coefficient (Wildman–Crippen LogP) is 9.03. The van der Waals surface area contributed by atoms with Crippen molar-refractivity contribution in [3.05, 3.63) is 128 Å². The summed E-state index contributed by atoms with van der Waals surface area (Å²) in [6, 6.07) is 43.5. The van der Waals surface area contributed by atoms with Crippen LogP contribution in [-0.4, -0.2) is 4.98 Å². The lowest BCUT2D eigenvalue weighted by atomic mass is 9.90. The molecule has 1 aromatic heterocycles. The minimum absolute atomic E-state index is 1.04. The fraction of sp³-hybridized carbons (Fsp3) is 0. The largest absolute Gasteiger partial charge is 0.256 e. The Morgan fingerprint density at radius 2 is 0.912 bits per heavy atom. The third kappa shape index (κ3) is 2.84. The second kappa shape index (κ2) is 7.54. The standard InChI is InChI=1S/C33H21N/c1-2-9-22(10-3-1)24-18-19-25(33-31(24)15-8-20-34-33)23-16-17-30-28-13-5-4-11-26(28)27-12-6-7-14-29(27)32(30)21-23/h1-21H. The van der Waals surface area contributed by atoms with Gasteiger partial charge in [0, 0.05) is 17.1 Å². The number of benzene rings is 6. The number of aromatic nitrogens is 1. The zero-order valence-corrected chi connectivity index (χ0v) is 18.6. The van der Waals surface area contributed by atoms with E-state index in [1.54, 1.807) is 0 Å². The highest BCUT2D eigenvalue weighted by Gasteiger charge is 2.13. The SMILES string of the molecule is c1ccc(-c2ccc(-c3ccc4c5ccccc5c5ccccc5c4c3)c3ncccc23)cc1. The molecule has 1 heterocycles. The van der Waals surface area contributed by atoms with Crippen LogP contribution >= 0.6 is 0 Å². The molecule has 0 N–H and O–H groups in total. The molecule has 7 rings (SSSR count). The average molecular weight is 432 g/mol. The molecule has 0 fully saturated rings. The van der Waals surface area contributed by atoms with Crippen LogP contribution in [0.1, 0.15) is 0 Å². The van der Waals surface area contributed by atoms with Gasteiger partial charge in [-0.05, 0) is 61.1 Å². The van der Waals surface area contributed by atoms with E-state index in [4.69, 9.17) is 4.98 Å². The number of nitrogens with zero attached hydrogens (tertiary/aromatic N) is 1. The monoisotopic (exact) mass is 431 g/mol. The van der Waals surface area contributed by atoms with Crippen molar-refractivity contribution in [3.8, 4) is 22.3 Å². The molecular formula is C33H21N. The van der Waals surface area contributed by atoms with E-state index in [0.717, 1.165) is 11.1 Å². The Morgan fingerprint density at radius 3 is 1.62 bits per heavy atom. The van der Waals surface area contributed by atoms with Crippen LogP contribution < -0.4 is 0 Å². The van der Waals surface area contributed by atoms with Crippen LogP contribution in [0.3, 0.4) is 0 Å². The second-order valence-corrected chi connectivity index (χ2v) is 8.78. The van der Waals surface area contributed by atoms with E-state index in [0.29, 0.717) is 0 Å². The molecule has 0 aliphatic heterocycles. The minimum Gasteiger partial charge on any atom is -0.256 e. The van der Waals surface area contributed by atoms with Crippen LogP contribution in [0.15, 0.2) is 128 Å². The molecular weight excluding hydrogens is 410 g/mol. The van der Waals surface area contributed by atoms with Gasteiger partial charge in [0.1, 0.15) is 0 Å². The molecule has 0 spiro atoms. The van der Waals surface area contributed by atoms with E-state index >= 15 is 0 Å². The van der Waals surface area contributed by atoms with Crippen molar-refractivity contribution >= 4 is 43.2 Å². The molecule has 0 amide bonds. The maximum atomic E-state index is 4.84. The molecule has 1 heteroatoms. The maximum Gasteiger partial charge on any atom is 0.0786 e. The summed E-state index contributed by atoms with van der Waals surface area (Å²) in [7, 11) is 0. The molecule has 0 unspecified atom stereocenters. The van der Waals surface area contributed by atoms with Crippen LogP contribution in [0.2, 0.25) is 0 Å². The van der Waals surface area contributed by atoms with Gasteiger partial charge in [-0.15, -0.1) is 0 Å². The Hall–Kier alpha value is -4.49. The number of pyridine rings is 1. The van der Waals surface area contributed by atoms with Gasteiger partial charge in [-0.25, -0.2) is 0 Å². The van der Waals surface area contributed by atoms with E-state index in [-0.39, 0.29) is 0 Å². The van der Waals surface area contributed by atoms with Crippen molar-refractivity contribution in [2.24, 2.45) is 0 Å². The van der Waals surface area contributed by atoms with Crippen molar-refractivity contribution in [1.29, 1.82) is 0 Å². The topological polar surface area (TPSA) is 12.9 Å². The van der Waals surface area contributed by atoms with Crippen LogP contribution in [0.5, 0.6) is 0 Å². The summed E-state index contributed by atoms with van der Waals surface area (Å²) in [6.45, 7) is 0. The smallest absolute Gasteiger partial charge is 0.0786 e. The number of rotatable bonds is 2. The highest BCUT2D eigenvalue weighted by molar-refractivity contribution is 6.26. The second-order valence-electron chi connectivity index (χ2n) is 8.78. The first-order chi connectivity index (χ1) is 16.9. The van der Waals surface area contributed by atoms with Crippen LogP contribution in [0, 0.1) is 0 Å². The van der Waals surface area contributed by atoms with E-state index in [9.17, 15) is 0 Å². The Bertz CT molecular complexity index is 1810. The fourth-order valence-electron chi connectivity index (χ4n) is 5.35. The maximum absolute atomic E-state index is 4.84. The van der Waals surface area contributed by atoms with Gasteiger partial charge in [0.15, 0.2) is 0 Å². The average Bonchev–Trinajstić information content (AvgIpc) is 2.93. The molecule has 0 aliphatic rings. The van der Waals surface area contributed by atoms with Crippen molar-refractivity contribution in [2.45, 2.75) is 0 Å². The minimum atomic E-state index is 1.04. The summed E-state index contributed by atoms with van der Waals surface area (Å²) in [5, 5.41) is 8.93. The van der Waals surface area contributed by atoms with Gasteiger partial charge < -0.3 is 0 Å². The van der Waals surface area contributed by atoms with Crippen LogP contribution in [-0.2, 0) is 0 Å². The van der Waals surface area contributed by atoms with E-state index < -0.39 is 0 Å². The lowest BCUT2D eigenvalue weighted by Gasteiger charge is -2.14. The van der Waals surface area contributed by atoms with E-state index in [1.807, 2.05) is 12.3 Å². The van der Waals surface area contributed by atoms with Crippen molar-refractivity contribution in [1.82, 2.24) is 4.98 Å². The molecule has 0 atom stereocenters. The summed E-state index contributed by atoms with van der Waals surface area (Å²) < 4.78 is 0. The van der Waals surface area contributed by atoms with Gasteiger partial charge in [0.2, 0.25) is 0 Å². The number of fused-ring (bicyclic) bond motifs is 7. The zero-order valence-electron chi connectivity index (χ0n) is 18.6. The molecule has 0 saturated heterocycles. The highest BCUT2D eigenvalue weighted by Crippen LogP contribution is 2.39. The predicted molar refractivity (Wildman–Crippen MR) is 145 cm³/mol. The lowest BCUT2D eigenvalue weighted by Crippen LogP contribution is -1.89. The van der Waals surface area contributed by atoms with Crippen molar-refractivity contribution < 1.29 is 0 Å². The molecule has 1 nitrogen and oxygen atoms in total. The van der Waals surface area contributed by atoms with E-state index in [1.165, 1.54) is 54.4 Å². The molecule has 158 valence electrons. The Balaban J connectivity index is 1.53. The lowest BCUT2D eigenvalue weighted by molar-refractivity contribution is 1.41. The molecule has 6 aromatic carbocycles. The van der Waals surface area contributed by atoms with Crippen LogP contribution in [0.25, 0.3) is 65.5 Å². The summed E-state index contributed by atoms with van der Waals surface area (Å²) >= 11 is 0. The van der Waals surface area contributed by atoms with Crippen LogP contribution in [0.4, 0.5) is 0 Å². The summed E-state index contributed by atoms with van der Waals surface area (Å²) in [4.78, 5) is 4.84. The first-order valence-electron chi connectivity index (χ1n) is 11.7. The van der Waals surface area contributed by atoms with Crippen molar-refractivity contribution in [3.63, 3.8) is 0 Å². The molecule has 0 saturated carbocycles. The molecule has 7 aromatic rings. The Kier molecular flexibility index (Phi) is 4.22. The van der Waals surface area contributed by atoms with Crippen molar-refractivity contribution in [2.75, 3.05) is 0 Å². The summed E-state index contributed by atoms with van der Waals surface area (Å²) in [5.74, 6) is 0. The number of hydrogen-bond acceptors (Lipinski definition) is 1. The first-order valence-corrected chi connectivity index (χ1v) is 11.7.